The summed E-state index contributed by atoms with van der Waals surface area (Å²) in [7, 11) is 4.39. The Bertz CT molecular complexity index is 285. The van der Waals surface area contributed by atoms with Crippen LogP contribution in [0.5, 0.6) is 0 Å². The molecule has 0 bridgehead atoms. The summed E-state index contributed by atoms with van der Waals surface area (Å²) in [6.45, 7) is 5.83. The Morgan fingerprint density at radius 2 is 1.95 bits per heavy atom. The molecule has 0 spiro atoms. The summed E-state index contributed by atoms with van der Waals surface area (Å²) in [6.07, 6.45) is 7.37. The molecule has 2 atom stereocenters. The number of likely N-dealkylation sites (N-methyl/N-ethyl adjacent to an activating group) is 1. The summed E-state index contributed by atoms with van der Waals surface area (Å²) in [5, 5.41) is 13.4. The molecule has 20 heavy (non-hydrogen) atoms. The molecule has 1 saturated heterocycles. The van der Waals surface area contributed by atoms with Gasteiger partial charge in [-0.25, -0.2) is 0 Å². The first-order chi connectivity index (χ1) is 9.60. The van der Waals surface area contributed by atoms with Crippen LogP contribution >= 0.6 is 0 Å². The molecule has 2 fully saturated rings. The van der Waals surface area contributed by atoms with Gasteiger partial charge in [0.25, 0.3) is 0 Å². The lowest BCUT2D eigenvalue weighted by Crippen LogP contribution is -2.57. The number of hydrogen-bond acceptors (Lipinski definition) is 4. The highest BCUT2D eigenvalue weighted by molar-refractivity contribution is 4.97. The average Bonchev–Trinajstić information content (AvgIpc) is 2.48. The molecule has 0 aromatic rings. The molecule has 1 saturated carbocycles. The van der Waals surface area contributed by atoms with Crippen LogP contribution in [-0.2, 0) is 0 Å². The lowest BCUT2D eigenvalue weighted by molar-refractivity contribution is 0.0384. The fourth-order valence-electron chi connectivity index (χ4n) is 4.15. The van der Waals surface area contributed by atoms with Gasteiger partial charge in [-0.1, -0.05) is 6.92 Å². The van der Waals surface area contributed by atoms with Crippen LogP contribution in [0.1, 0.15) is 45.4 Å². The maximum Gasteiger partial charge on any atom is 0.0613 e. The smallest absolute Gasteiger partial charge is 0.0613 e. The maximum absolute atomic E-state index is 9.82. The normalized spacial score (nSPS) is 33.8. The topological polar surface area (TPSA) is 38.7 Å². The van der Waals surface area contributed by atoms with Gasteiger partial charge < -0.3 is 20.2 Å². The second-order valence-electron chi connectivity index (χ2n) is 6.95. The van der Waals surface area contributed by atoms with Gasteiger partial charge in [0.2, 0.25) is 0 Å². The molecular formula is C16H33N3O. The molecule has 2 N–H and O–H groups in total. The van der Waals surface area contributed by atoms with Gasteiger partial charge in [-0.2, -0.15) is 0 Å². The van der Waals surface area contributed by atoms with Crippen LogP contribution < -0.4 is 5.32 Å². The van der Waals surface area contributed by atoms with Crippen molar-refractivity contribution in [2.45, 2.75) is 63.1 Å². The summed E-state index contributed by atoms with van der Waals surface area (Å²) in [6, 6.07) is 1.42. The fraction of sp³-hybridized carbons (Fsp3) is 1.00. The number of nitrogens with one attached hydrogen (secondary N) is 1. The Balaban J connectivity index is 1.90. The van der Waals surface area contributed by atoms with Gasteiger partial charge in [-0.3, -0.25) is 0 Å². The van der Waals surface area contributed by atoms with Crippen LogP contribution in [-0.4, -0.2) is 72.9 Å². The Morgan fingerprint density at radius 1 is 1.25 bits per heavy atom. The molecule has 4 heteroatoms. The number of aliphatic hydroxyl groups is 1. The summed E-state index contributed by atoms with van der Waals surface area (Å²) >= 11 is 0. The molecule has 1 heterocycles. The molecule has 0 aromatic heterocycles. The van der Waals surface area contributed by atoms with Gasteiger partial charge in [-0.05, 0) is 72.3 Å². The molecular weight excluding hydrogens is 250 g/mol. The van der Waals surface area contributed by atoms with Crippen LogP contribution in [0.15, 0.2) is 0 Å². The SMILES string of the molecule is CCNC1(CO)CCCC(N2CCC(N(C)C)CC2)C1. The van der Waals surface area contributed by atoms with Crippen molar-refractivity contribution in [3.8, 4) is 0 Å². The van der Waals surface area contributed by atoms with E-state index in [1.54, 1.807) is 0 Å². The Labute approximate surface area is 124 Å². The Hall–Kier alpha value is -0.160. The van der Waals surface area contributed by atoms with Crippen molar-refractivity contribution in [3.05, 3.63) is 0 Å². The van der Waals surface area contributed by atoms with E-state index < -0.39 is 0 Å². The van der Waals surface area contributed by atoms with E-state index in [-0.39, 0.29) is 12.1 Å². The maximum atomic E-state index is 9.82. The molecule has 2 rings (SSSR count). The van der Waals surface area contributed by atoms with Crippen molar-refractivity contribution in [2.75, 3.05) is 40.3 Å². The van der Waals surface area contributed by atoms with Gasteiger partial charge in [0.05, 0.1) is 6.61 Å². The standard InChI is InChI=1S/C16H33N3O/c1-4-17-16(13-20)9-5-6-15(12-16)19-10-7-14(8-11-19)18(2)3/h14-15,17,20H,4-13H2,1-3H3. The predicted molar refractivity (Wildman–Crippen MR) is 84.0 cm³/mol. The highest BCUT2D eigenvalue weighted by atomic mass is 16.3. The monoisotopic (exact) mass is 283 g/mol. The zero-order valence-electron chi connectivity index (χ0n) is 13.6. The van der Waals surface area contributed by atoms with E-state index in [4.69, 9.17) is 0 Å². The molecule has 118 valence electrons. The number of nitrogens with zero attached hydrogens (tertiary/aromatic N) is 2. The van der Waals surface area contributed by atoms with Crippen LogP contribution in [0.3, 0.4) is 0 Å². The first-order valence-electron chi connectivity index (χ1n) is 8.36. The number of rotatable bonds is 5. The highest BCUT2D eigenvalue weighted by Gasteiger charge is 2.38. The Morgan fingerprint density at radius 3 is 2.50 bits per heavy atom. The van der Waals surface area contributed by atoms with E-state index in [0.717, 1.165) is 25.4 Å². The fourth-order valence-corrected chi connectivity index (χ4v) is 4.15. The summed E-state index contributed by atoms with van der Waals surface area (Å²) in [5.41, 5.74) is -0.0178. The van der Waals surface area contributed by atoms with E-state index in [2.05, 4.69) is 36.1 Å². The second-order valence-corrected chi connectivity index (χ2v) is 6.95. The largest absolute Gasteiger partial charge is 0.394 e. The van der Waals surface area contributed by atoms with Crippen LogP contribution in [0.2, 0.25) is 0 Å². The van der Waals surface area contributed by atoms with E-state index in [1.807, 2.05) is 0 Å². The molecule has 0 radical (unpaired) electrons. The van der Waals surface area contributed by atoms with Crippen molar-refractivity contribution in [1.82, 2.24) is 15.1 Å². The molecule has 0 aromatic carbocycles. The number of hydrogen-bond donors (Lipinski definition) is 2. The van der Waals surface area contributed by atoms with Crippen molar-refractivity contribution < 1.29 is 5.11 Å². The van der Waals surface area contributed by atoms with Crippen molar-refractivity contribution >= 4 is 0 Å². The third kappa shape index (κ3) is 3.73. The molecule has 1 aliphatic carbocycles. The highest BCUT2D eigenvalue weighted by Crippen LogP contribution is 2.32. The molecule has 4 nitrogen and oxygen atoms in total. The number of piperidine rings is 1. The molecule has 2 unspecified atom stereocenters. The summed E-state index contributed by atoms with van der Waals surface area (Å²) in [4.78, 5) is 5.05. The van der Waals surface area contributed by atoms with Crippen molar-refractivity contribution in [2.24, 2.45) is 0 Å². The third-order valence-electron chi connectivity index (χ3n) is 5.42. The lowest BCUT2D eigenvalue weighted by atomic mass is 9.78. The third-order valence-corrected chi connectivity index (χ3v) is 5.42. The van der Waals surface area contributed by atoms with Crippen molar-refractivity contribution in [1.29, 1.82) is 0 Å². The quantitative estimate of drug-likeness (QED) is 0.798. The van der Waals surface area contributed by atoms with E-state index in [0.29, 0.717) is 6.04 Å². The minimum atomic E-state index is -0.0178. The predicted octanol–water partition coefficient (Wildman–Crippen LogP) is 1.30. The second kappa shape index (κ2) is 7.21. The molecule has 2 aliphatic rings. The van der Waals surface area contributed by atoms with Crippen molar-refractivity contribution in [3.63, 3.8) is 0 Å². The van der Waals surface area contributed by atoms with Gasteiger partial charge >= 0.3 is 0 Å². The van der Waals surface area contributed by atoms with Gasteiger partial charge in [0, 0.05) is 17.6 Å². The molecule has 0 amide bonds. The summed E-state index contributed by atoms with van der Waals surface area (Å²) < 4.78 is 0. The van der Waals surface area contributed by atoms with Crippen LogP contribution in [0, 0.1) is 0 Å². The van der Waals surface area contributed by atoms with Gasteiger partial charge in [-0.15, -0.1) is 0 Å². The zero-order chi connectivity index (χ0) is 14.6. The van der Waals surface area contributed by atoms with E-state index in [9.17, 15) is 5.11 Å². The van der Waals surface area contributed by atoms with E-state index >= 15 is 0 Å². The van der Waals surface area contributed by atoms with Crippen LogP contribution in [0.25, 0.3) is 0 Å². The van der Waals surface area contributed by atoms with Crippen LogP contribution in [0.4, 0.5) is 0 Å². The summed E-state index contributed by atoms with van der Waals surface area (Å²) in [5.74, 6) is 0. The number of likely N-dealkylation sites (tertiary alicyclic amines) is 1. The van der Waals surface area contributed by atoms with Gasteiger partial charge in [0.15, 0.2) is 0 Å². The number of aliphatic hydroxyl groups excluding tert-OH is 1. The Kier molecular flexibility index (Phi) is 5.84. The minimum Gasteiger partial charge on any atom is -0.394 e. The molecule has 1 aliphatic heterocycles. The first-order valence-corrected chi connectivity index (χ1v) is 8.36. The average molecular weight is 283 g/mol. The minimum absolute atomic E-state index is 0.0178. The zero-order valence-corrected chi connectivity index (χ0v) is 13.6. The van der Waals surface area contributed by atoms with E-state index in [1.165, 1.54) is 38.8 Å². The van der Waals surface area contributed by atoms with Gasteiger partial charge in [0.1, 0.15) is 0 Å². The first kappa shape index (κ1) is 16.2. The lowest BCUT2D eigenvalue weighted by Gasteiger charge is -2.46.